The zero-order valence-electron chi connectivity index (χ0n) is 18.6. The molecule has 0 spiro atoms. The number of hydrogen-bond acceptors (Lipinski definition) is 6. The molecule has 8 nitrogen and oxygen atoms in total. The smallest absolute Gasteiger partial charge is 0.230 e. The third-order valence-corrected chi connectivity index (χ3v) is 6.94. The zero-order chi connectivity index (χ0) is 21.7. The van der Waals surface area contributed by atoms with Gasteiger partial charge in [0.25, 0.3) is 0 Å². The number of nitrogens with one attached hydrogen (secondary N) is 2. The maximum Gasteiger partial charge on any atom is 0.230 e. The first-order chi connectivity index (χ1) is 14.9. The van der Waals surface area contributed by atoms with Gasteiger partial charge in [-0.25, -0.2) is 5.01 Å². The van der Waals surface area contributed by atoms with Crippen molar-refractivity contribution in [2.45, 2.75) is 64.1 Å². The van der Waals surface area contributed by atoms with Crippen LogP contribution in [-0.4, -0.2) is 61.2 Å². The highest BCUT2D eigenvalue weighted by molar-refractivity contribution is 6.05. The Morgan fingerprint density at radius 1 is 1.16 bits per heavy atom. The molecule has 3 unspecified atom stereocenters. The van der Waals surface area contributed by atoms with E-state index in [2.05, 4.69) is 35.0 Å². The number of benzene rings is 1. The Balaban J connectivity index is 1.37. The highest BCUT2D eigenvalue weighted by Gasteiger charge is 2.40. The third kappa shape index (κ3) is 4.09. The standard InChI is InChI=1S/C23H33N5O3/c1-14-11-27(23(30)17-4-5-17)22-9-18(6-7-21(22)28(14)16(3)29)19-10-24-26(12-19)13-20-8-15(2)31-25-20/h6-7,9,14-15,17,19-20,24-25H,4-5,8,10-13H2,1-3H3/t14-,15?,19?,20?/m0/s1. The van der Waals surface area contributed by atoms with Crippen molar-refractivity contribution in [3.63, 3.8) is 0 Å². The van der Waals surface area contributed by atoms with Crippen molar-refractivity contribution in [1.29, 1.82) is 0 Å². The summed E-state index contributed by atoms with van der Waals surface area (Å²) in [5, 5.41) is 2.26. The van der Waals surface area contributed by atoms with Crippen LogP contribution in [0.5, 0.6) is 0 Å². The average Bonchev–Trinajstić information content (AvgIpc) is 3.36. The predicted molar refractivity (Wildman–Crippen MR) is 119 cm³/mol. The number of hydrazine groups is 1. The number of amides is 2. The molecule has 0 aromatic heterocycles. The molecule has 1 aliphatic carbocycles. The number of carbonyl (C=O) groups excluding carboxylic acids is 2. The van der Waals surface area contributed by atoms with E-state index in [0.717, 1.165) is 50.3 Å². The summed E-state index contributed by atoms with van der Waals surface area (Å²) in [6.07, 6.45) is 3.23. The van der Waals surface area contributed by atoms with Crippen LogP contribution in [0, 0.1) is 5.92 Å². The molecule has 5 rings (SSSR count). The molecule has 1 saturated carbocycles. The van der Waals surface area contributed by atoms with Crippen LogP contribution in [0.4, 0.5) is 11.4 Å². The van der Waals surface area contributed by atoms with E-state index in [1.165, 1.54) is 5.56 Å². The van der Waals surface area contributed by atoms with Gasteiger partial charge in [-0.1, -0.05) is 6.07 Å². The number of hydroxylamine groups is 1. The Morgan fingerprint density at radius 3 is 2.65 bits per heavy atom. The van der Waals surface area contributed by atoms with Gasteiger partial charge in [-0.05, 0) is 50.8 Å². The summed E-state index contributed by atoms with van der Waals surface area (Å²) in [5.41, 5.74) is 9.59. The van der Waals surface area contributed by atoms with Crippen molar-refractivity contribution in [2.75, 3.05) is 36.0 Å². The lowest BCUT2D eigenvalue weighted by atomic mass is 9.96. The van der Waals surface area contributed by atoms with Gasteiger partial charge in [0.15, 0.2) is 0 Å². The Labute approximate surface area is 183 Å². The fourth-order valence-corrected chi connectivity index (χ4v) is 5.22. The molecule has 3 heterocycles. The summed E-state index contributed by atoms with van der Waals surface area (Å²) < 4.78 is 0. The first kappa shape index (κ1) is 20.9. The van der Waals surface area contributed by atoms with Crippen LogP contribution in [0.15, 0.2) is 18.2 Å². The SMILES string of the molecule is CC(=O)N1c2ccc(C3CNN(CC4CC(C)ON4)C3)cc2N(C(=O)C2CC2)C[C@@H]1C. The van der Waals surface area contributed by atoms with Gasteiger partial charge in [0.05, 0.1) is 23.5 Å². The van der Waals surface area contributed by atoms with E-state index in [4.69, 9.17) is 4.84 Å². The minimum Gasteiger partial charge on any atom is -0.308 e. The van der Waals surface area contributed by atoms with Crippen LogP contribution in [0.1, 0.15) is 51.5 Å². The molecule has 1 aromatic rings. The molecule has 2 saturated heterocycles. The lowest BCUT2D eigenvalue weighted by Gasteiger charge is -2.41. The monoisotopic (exact) mass is 427 g/mol. The summed E-state index contributed by atoms with van der Waals surface area (Å²) in [6.45, 7) is 8.94. The van der Waals surface area contributed by atoms with Crippen LogP contribution in [-0.2, 0) is 14.4 Å². The van der Waals surface area contributed by atoms with Gasteiger partial charge in [0.1, 0.15) is 0 Å². The molecular formula is C23H33N5O3. The minimum atomic E-state index is -0.0225. The molecule has 2 amide bonds. The number of nitrogens with zero attached hydrogens (tertiary/aromatic N) is 3. The molecule has 2 N–H and O–H groups in total. The number of hydrogen-bond donors (Lipinski definition) is 2. The van der Waals surface area contributed by atoms with Gasteiger partial charge < -0.3 is 9.80 Å². The fraction of sp³-hybridized carbons (Fsp3) is 0.652. The highest BCUT2D eigenvalue weighted by Crippen LogP contribution is 2.41. The van der Waals surface area contributed by atoms with Gasteiger partial charge in [0.2, 0.25) is 11.8 Å². The molecule has 0 radical (unpaired) electrons. The van der Waals surface area contributed by atoms with Gasteiger partial charge in [-0.2, -0.15) is 5.48 Å². The molecule has 168 valence electrons. The lowest BCUT2D eigenvalue weighted by molar-refractivity contribution is -0.120. The van der Waals surface area contributed by atoms with E-state index < -0.39 is 0 Å². The Hall–Kier alpha value is -2.00. The first-order valence-corrected chi connectivity index (χ1v) is 11.6. The molecular weight excluding hydrogens is 394 g/mol. The van der Waals surface area contributed by atoms with Crippen molar-refractivity contribution >= 4 is 23.2 Å². The molecule has 31 heavy (non-hydrogen) atoms. The predicted octanol–water partition coefficient (Wildman–Crippen LogP) is 1.77. The van der Waals surface area contributed by atoms with Crippen LogP contribution in [0.2, 0.25) is 0 Å². The second-order valence-electron chi connectivity index (χ2n) is 9.65. The number of fused-ring (bicyclic) bond motifs is 1. The maximum atomic E-state index is 13.0. The topological polar surface area (TPSA) is 77.2 Å². The average molecular weight is 428 g/mol. The van der Waals surface area contributed by atoms with Crippen LogP contribution in [0.25, 0.3) is 0 Å². The zero-order valence-corrected chi connectivity index (χ0v) is 18.6. The van der Waals surface area contributed by atoms with Crippen LogP contribution < -0.4 is 20.7 Å². The van der Waals surface area contributed by atoms with Crippen LogP contribution >= 0.6 is 0 Å². The van der Waals surface area contributed by atoms with E-state index in [1.54, 1.807) is 6.92 Å². The second-order valence-corrected chi connectivity index (χ2v) is 9.65. The van der Waals surface area contributed by atoms with Crippen molar-refractivity contribution in [3.8, 4) is 0 Å². The second kappa shape index (κ2) is 8.16. The summed E-state index contributed by atoms with van der Waals surface area (Å²) in [4.78, 5) is 34.6. The molecule has 4 aliphatic rings. The maximum absolute atomic E-state index is 13.0. The van der Waals surface area contributed by atoms with E-state index in [-0.39, 0.29) is 29.9 Å². The number of rotatable bonds is 4. The molecule has 3 fully saturated rings. The summed E-state index contributed by atoms with van der Waals surface area (Å²) in [7, 11) is 0. The van der Waals surface area contributed by atoms with Crippen molar-refractivity contribution in [2.24, 2.45) is 5.92 Å². The fourth-order valence-electron chi connectivity index (χ4n) is 5.22. The molecule has 1 aromatic carbocycles. The van der Waals surface area contributed by atoms with Gasteiger partial charge in [-0.3, -0.25) is 19.9 Å². The summed E-state index contributed by atoms with van der Waals surface area (Å²) in [6, 6.07) is 6.62. The largest absolute Gasteiger partial charge is 0.308 e. The van der Waals surface area contributed by atoms with Gasteiger partial charge >= 0.3 is 0 Å². The number of carbonyl (C=O) groups is 2. The van der Waals surface area contributed by atoms with Crippen molar-refractivity contribution in [3.05, 3.63) is 23.8 Å². The Bertz CT molecular complexity index is 873. The molecule has 4 atom stereocenters. The molecule has 0 bridgehead atoms. The van der Waals surface area contributed by atoms with Gasteiger partial charge in [0, 0.05) is 51.0 Å². The van der Waals surface area contributed by atoms with E-state index >= 15 is 0 Å². The number of anilines is 2. The quantitative estimate of drug-likeness (QED) is 0.763. The van der Waals surface area contributed by atoms with E-state index in [0.29, 0.717) is 18.5 Å². The lowest BCUT2D eigenvalue weighted by Crippen LogP contribution is -2.51. The van der Waals surface area contributed by atoms with E-state index in [1.807, 2.05) is 22.8 Å². The normalized spacial score (nSPS) is 31.2. The Morgan fingerprint density at radius 2 is 1.97 bits per heavy atom. The molecule has 3 aliphatic heterocycles. The van der Waals surface area contributed by atoms with E-state index in [9.17, 15) is 9.59 Å². The third-order valence-electron chi connectivity index (χ3n) is 6.94. The van der Waals surface area contributed by atoms with Crippen molar-refractivity contribution in [1.82, 2.24) is 15.9 Å². The summed E-state index contributed by atoms with van der Waals surface area (Å²) >= 11 is 0. The summed E-state index contributed by atoms with van der Waals surface area (Å²) in [5.74, 6) is 0.725. The highest BCUT2D eigenvalue weighted by atomic mass is 16.7. The van der Waals surface area contributed by atoms with Crippen LogP contribution in [0.3, 0.4) is 0 Å². The Kier molecular flexibility index (Phi) is 5.50. The van der Waals surface area contributed by atoms with Gasteiger partial charge in [-0.15, -0.1) is 0 Å². The molecule has 8 heteroatoms. The first-order valence-electron chi connectivity index (χ1n) is 11.6. The minimum absolute atomic E-state index is 0.0224. The van der Waals surface area contributed by atoms with Crippen molar-refractivity contribution < 1.29 is 14.4 Å².